The molecule has 2 rings (SSSR count). The van der Waals surface area contributed by atoms with Crippen LogP contribution in [0, 0.1) is 0 Å². The Morgan fingerprint density at radius 1 is 1.32 bits per heavy atom. The number of aldehydes is 1. The molecule has 0 atom stereocenters. The predicted molar refractivity (Wildman–Crippen MR) is 81.8 cm³/mol. The molecule has 2 heteroatoms. The lowest BCUT2D eigenvalue weighted by molar-refractivity contribution is 0.112. The number of nitrogens with zero attached hydrogens (tertiary/aromatic N) is 1. The molecular formula is C17H23NO. The van der Waals surface area contributed by atoms with Gasteiger partial charge < -0.3 is 4.90 Å². The standard InChI is InChI=1S/C17H23NO/c1-5-6-9-18-16-8-7-14(12-19)10-15(16)13(2)11-17(18,3)4/h7-8,10-12H,5-6,9H2,1-4H3. The van der Waals surface area contributed by atoms with Gasteiger partial charge in [0, 0.05) is 23.4 Å². The van der Waals surface area contributed by atoms with Crippen molar-refractivity contribution in [1.82, 2.24) is 0 Å². The van der Waals surface area contributed by atoms with Crippen LogP contribution in [0.25, 0.3) is 5.57 Å². The number of anilines is 1. The molecule has 2 nitrogen and oxygen atoms in total. The van der Waals surface area contributed by atoms with Gasteiger partial charge in [-0.15, -0.1) is 0 Å². The number of allylic oxidation sites excluding steroid dienone is 1. The average molecular weight is 257 g/mol. The minimum atomic E-state index is 0.0367. The number of fused-ring (bicyclic) bond motifs is 1. The molecule has 0 N–H and O–H groups in total. The zero-order valence-electron chi connectivity index (χ0n) is 12.4. The number of carbonyl (C=O) groups is 1. The third-order valence-corrected chi connectivity index (χ3v) is 3.87. The molecule has 1 aromatic carbocycles. The zero-order chi connectivity index (χ0) is 14.0. The van der Waals surface area contributed by atoms with Gasteiger partial charge in [0.25, 0.3) is 0 Å². The minimum absolute atomic E-state index is 0.0367. The fraction of sp³-hybridized carbons (Fsp3) is 0.471. The van der Waals surface area contributed by atoms with E-state index in [4.69, 9.17) is 0 Å². The average Bonchev–Trinajstić information content (AvgIpc) is 2.37. The van der Waals surface area contributed by atoms with Crippen molar-refractivity contribution in [3.8, 4) is 0 Å². The lowest BCUT2D eigenvalue weighted by Crippen LogP contribution is -2.45. The van der Waals surface area contributed by atoms with Crippen molar-refractivity contribution in [1.29, 1.82) is 0 Å². The molecular weight excluding hydrogens is 234 g/mol. The topological polar surface area (TPSA) is 20.3 Å². The third-order valence-electron chi connectivity index (χ3n) is 3.87. The molecule has 0 saturated carbocycles. The van der Waals surface area contributed by atoms with Gasteiger partial charge in [-0.25, -0.2) is 0 Å². The van der Waals surface area contributed by atoms with Gasteiger partial charge in [0.05, 0.1) is 5.54 Å². The summed E-state index contributed by atoms with van der Waals surface area (Å²) in [4.78, 5) is 13.4. The largest absolute Gasteiger partial charge is 0.362 e. The van der Waals surface area contributed by atoms with Crippen LogP contribution in [0.2, 0.25) is 0 Å². The Morgan fingerprint density at radius 3 is 2.68 bits per heavy atom. The maximum Gasteiger partial charge on any atom is 0.150 e. The van der Waals surface area contributed by atoms with E-state index >= 15 is 0 Å². The summed E-state index contributed by atoms with van der Waals surface area (Å²) in [6, 6.07) is 6.01. The summed E-state index contributed by atoms with van der Waals surface area (Å²) in [7, 11) is 0. The van der Waals surface area contributed by atoms with Gasteiger partial charge in [0.2, 0.25) is 0 Å². The lowest BCUT2D eigenvalue weighted by Gasteiger charge is -2.43. The van der Waals surface area contributed by atoms with E-state index in [1.807, 2.05) is 12.1 Å². The van der Waals surface area contributed by atoms with Crippen LogP contribution in [-0.2, 0) is 0 Å². The summed E-state index contributed by atoms with van der Waals surface area (Å²) < 4.78 is 0. The van der Waals surface area contributed by atoms with Crippen LogP contribution >= 0.6 is 0 Å². The Labute approximate surface area is 116 Å². The van der Waals surface area contributed by atoms with Crippen LogP contribution in [0.3, 0.4) is 0 Å². The van der Waals surface area contributed by atoms with E-state index in [-0.39, 0.29) is 5.54 Å². The van der Waals surface area contributed by atoms with Gasteiger partial charge in [-0.1, -0.05) is 19.4 Å². The molecule has 0 spiro atoms. The number of benzene rings is 1. The van der Waals surface area contributed by atoms with Crippen molar-refractivity contribution in [2.45, 2.75) is 46.1 Å². The van der Waals surface area contributed by atoms with E-state index in [1.165, 1.54) is 29.7 Å². The number of hydrogen-bond acceptors (Lipinski definition) is 2. The van der Waals surface area contributed by atoms with Crippen LogP contribution in [0.1, 0.15) is 56.5 Å². The normalized spacial score (nSPS) is 16.8. The molecule has 0 aromatic heterocycles. The summed E-state index contributed by atoms with van der Waals surface area (Å²) >= 11 is 0. The molecule has 0 bridgehead atoms. The van der Waals surface area contributed by atoms with E-state index in [9.17, 15) is 4.79 Å². The fourth-order valence-electron chi connectivity index (χ4n) is 2.90. The summed E-state index contributed by atoms with van der Waals surface area (Å²) in [5, 5.41) is 0. The van der Waals surface area contributed by atoms with Crippen molar-refractivity contribution in [3.05, 3.63) is 35.4 Å². The van der Waals surface area contributed by atoms with Crippen LogP contribution < -0.4 is 4.90 Å². The predicted octanol–water partition coefficient (Wildman–Crippen LogP) is 4.30. The summed E-state index contributed by atoms with van der Waals surface area (Å²) in [5.74, 6) is 0. The molecule has 1 aliphatic rings. The third kappa shape index (κ3) is 2.58. The van der Waals surface area contributed by atoms with E-state index in [0.29, 0.717) is 0 Å². The number of carbonyl (C=O) groups excluding carboxylic acids is 1. The van der Waals surface area contributed by atoms with E-state index in [1.54, 1.807) is 0 Å². The Morgan fingerprint density at radius 2 is 2.05 bits per heavy atom. The van der Waals surface area contributed by atoms with E-state index in [2.05, 4.69) is 44.7 Å². The Balaban J connectivity index is 2.49. The second-order valence-corrected chi connectivity index (χ2v) is 5.88. The maximum atomic E-state index is 10.9. The highest BCUT2D eigenvalue weighted by molar-refractivity contribution is 5.86. The first-order valence-corrected chi connectivity index (χ1v) is 7.06. The van der Waals surface area contributed by atoms with E-state index < -0.39 is 0 Å². The molecule has 0 amide bonds. The first-order valence-electron chi connectivity index (χ1n) is 7.06. The van der Waals surface area contributed by atoms with Gasteiger partial charge in [0.15, 0.2) is 0 Å². The molecule has 1 heterocycles. The fourth-order valence-corrected chi connectivity index (χ4v) is 2.90. The molecule has 0 radical (unpaired) electrons. The molecule has 0 aliphatic carbocycles. The minimum Gasteiger partial charge on any atom is -0.362 e. The second kappa shape index (κ2) is 5.20. The molecule has 1 aliphatic heterocycles. The zero-order valence-corrected chi connectivity index (χ0v) is 12.4. The smallest absolute Gasteiger partial charge is 0.150 e. The molecule has 102 valence electrons. The Kier molecular flexibility index (Phi) is 3.79. The SMILES string of the molecule is CCCCN1c2ccc(C=O)cc2C(C)=CC1(C)C. The number of unbranched alkanes of at least 4 members (excludes halogenated alkanes) is 1. The van der Waals surface area contributed by atoms with Crippen LogP contribution in [-0.4, -0.2) is 18.4 Å². The van der Waals surface area contributed by atoms with Crippen molar-refractivity contribution < 1.29 is 4.79 Å². The highest BCUT2D eigenvalue weighted by Crippen LogP contribution is 2.39. The highest BCUT2D eigenvalue weighted by atomic mass is 16.1. The summed E-state index contributed by atoms with van der Waals surface area (Å²) in [6.07, 6.45) is 5.60. The van der Waals surface area contributed by atoms with Crippen molar-refractivity contribution in [3.63, 3.8) is 0 Å². The van der Waals surface area contributed by atoms with Gasteiger partial charge in [-0.05, 0) is 51.0 Å². The summed E-state index contributed by atoms with van der Waals surface area (Å²) in [6.45, 7) is 9.91. The Hall–Kier alpha value is -1.57. The van der Waals surface area contributed by atoms with Crippen molar-refractivity contribution in [2.24, 2.45) is 0 Å². The van der Waals surface area contributed by atoms with Gasteiger partial charge in [0.1, 0.15) is 6.29 Å². The first-order chi connectivity index (χ1) is 8.99. The van der Waals surface area contributed by atoms with Crippen LogP contribution in [0.15, 0.2) is 24.3 Å². The highest BCUT2D eigenvalue weighted by Gasteiger charge is 2.30. The second-order valence-electron chi connectivity index (χ2n) is 5.88. The summed E-state index contributed by atoms with van der Waals surface area (Å²) in [5.41, 5.74) is 4.50. The first kappa shape index (κ1) is 13.9. The van der Waals surface area contributed by atoms with Crippen molar-refractivity contribution >= 4 is 17.5 Å². The molecule has 0 fully saturated rings. The monoisotopic (exact) mass is 257 g/mol. The van der Waals surface area contributed by atoms with Crippen LogP contribution in [0.5, 0.6) is 0 Å². The molecule has 0 saturated heterocycles. The molecule has 0 unspecified atom stereocenters. The van der Waals surface area contributed by atoms with E-state index in [0.717, 1.165) is 18.4 Å². The number of rotatable bonds is 4. The number of hydrogen-bond donors (Lipinski definition) is 0. The molecule has 1 aromatic rings. The molecule has 19 heavy (non-hydrogen) atoms. The van der Waals surface area contributed by atoms with Gasteiger partial charge in [-0.2, -0.15) is 0 Å². The lowest BCUT2D eigenvalue weighted by atomic mass is 9.88. The quantitative estimate of drug-likeness (QED) is 0.749. The Bertz CT molecular complexity index is 514. The maximum absolute atomic E-state index is 10.9. The van der Waals surface area contributed by atoms with Gasteiger partial charge in [-0.3, -0.25) is 4.79 Å². The van der Waals surface area contributed by atoms with Gasteiger partial charge >= 0.3 is 0 Å². The van der Waals surface area contributed by atoms with Crippen molar-refractivity contribution in [2.75, 3.05) is 11.4 Å². The van der Waals surface area contributed by atoms with Crippen LogP contribution in [0.4, 0.5) is 5.69 Å².